The van der Waals surface area contributed by atoms with Gasteiger partial charge in [-0.2, -0.15) is 13.2 Å². The Morgan fingerprint density at radius 3 is 2.25 bits per heavy atom. The summed E-state index contributed by atoms with van der Waals surface area (Å²) < 4.78 is 47.3. The second-order valence-corrected chi connectivity index (χ2v) is 11.4. The van der Waals surface area contributed by atoms with E-state index in [1.165, 1.54) is 22.9 Å². The molecule has 230 valence electrons. The predicted molar refractivity (Wildman–Crippen MR) is 161 cm³/mol. The first-order valence-corrected chi connectivity index (χ1v) is 13.8. The van der Waals surface area contributed by atoms with E-state index in [0.29, 0.717) is 27.8 Å². The van der Waals surface area contributed by atoms with Gasteiger partial charge >= 0.3 is 12.3 Å². The van der Waals surface area contributed by atoms with Crippen LogP contribution < -0.4 is 16.2 Å². The Balaban J connectivity index is 1.52. The van der Waals surface area contributed by atoms with Gasteiger partial charge in [0.25, 0.3) is 5.91 Å². The van der Waals surface area contributed by atoms with Crippen LogP contribution in [0.2, 0.25) is 0 Å². The van der Waals surface area contributed by atoms with Crippen LogP contribution in [-0.4, -0.2) is 27.2 Å². The average Bonchev–Trinajstić information content (AvgIpc) is 2.96. The number of alkyl halides is 3. The highest BCUT2D eigenvalue weighted by Crippen LogP contribution is 2.34. The van der Waals surface area contributed by atoms with Crippen molar-refractivity contribution < 1.29 is 27.5 Å². The first-order chi connectivity index (χ1) is 20.6. The third-order valence-corrected chi connectivity index (χ3v) is 6.75. The lowest BCUT2D eigenvalue weighted by Crippen LogP contribution is -2.32. The second-order valence-electron chi connectivity index (χ2n) is 11.4. The average molecular weight is 607 g/mol. The molecule has 0 aliphatic rings. The molecule has 0 saturated carbocycles. The Bertz CT molecular complexity index is 1720. The summed E-state index contributed by atoms with van der Waals surface area (Å²) in [4.78, 5) is 41.1. The van der Waals surface area contributed by atoms with Crippen molar-refractivity contribution in [2.45, 2.75) is 52.1 Å². The highest BCUT2D eigenvalue weighted by molar-refractivity contribution is 5.95. The molecule has 0 spiro atoms. The summed E-state index contributed by atoms with van der Waals surface area (Å²) in [5.41, 5.74) is 2.05. The number of aryl methyl sites for hydroxylation is 1. The number of nitrogens with one attached hydrogen (secondary N) is 2. The van der Waals surface area contributed by atoms with Crippen LogP contribution in [0.3, 0.4) is 0 Å². The smallest absolute Gasteiger partial charge is 0.416 e. The molecule has 0 aliphatic carbocycles. The topological polar surface area (TPSA) is 102 Å². The predicted octanol–water partition coefficient (Wildman–Crippen LogP) is 6.65. The van der Waals surface area contributed by atoms with Gasteiger partial charge in [0.2, 0.25) is 5.56 Å². The number of aromatic nitrogens is 2. The number of hydrogen-bond acceptors (Lipinski definition) is 5. The fourth-order valence-corrected chi connectivity index (χ4v) is 4.46. The monoisotopic (exact) mass is 606 g/mol. The lowest BCUT2D eigenvalue weighted by molar-refractivity contribution is -0.137. The Morgan fingerprint density at radius 2 is 1.61 bits per heavy atom. The Labute approximate surface area is 252 Å². The highest BCUT2D eigenvalue weighted by atomic mass is 19.4. The van der Waals surface area contributed by atoms with E-state index >= 15 is 0 Å². The van der Waals surface area contributed by atoms with Gasteiger partial charge in [0.05, 0.1) is 17.2 Å². The van der Waals surface area contributed by atoms with E-state index in [0.717, 1.165) is 23.3 Å². The van der Waals surface area contributed by atoms with Crippen LogP contribution in [-0.2, 0) is 24.5 Å². The van der Waals surface area contributed by atoms with Crippen molar-refractivity contribution in [3.05, 3.63) is 112 Å². The number of hydrogen-bond donors (Lipinski definition) is 2. The first-order valence-electron chi connectivity index (χ1n) is 13.8. The molecule has 1 atom stereocenters. The van der Waals surface area contributed by atoms with Gasteiger partial charge in [0.15, 0.2) is 0 Å². The Kier molecular flexibility index (Phi) is 9.27. The van der Waals surface area contributed by atoms with Crippen molar-refractivity contribution in [1.29, 1.82) is 0 Å². The second kappa shape index (κ2) is 12.7. The molecule has 4 rings (SSSR count). The zero-order valence-electron chi connectivity index (χ0n) is 25.0. The number of alkyl carbamates (subject to hydrolysis) is 1. The zero-order chi connectivity index (χ0) is 32.2. The minimum absolute atomic E-state index is 0.0387. The summed E-state index contributed by atoms with van der Waals surface area (Å²) in [7, 11) is 1.64. The number of carbonyl (C=O) groups excluding carboxylic acids is 2. The van der Waals surface area contributed by atoms with Gasteiger partial charge < -0.3 is 19.9 Å². The number of amides is 2. The maximum Gasteiger partial charge on any atom is 0.416 e. The molecule has 4 aromatic rings. The maximum atomic E-state index is 13.6. The molecular weight excluding hydrogens is 573 g/mol. The fraction of sp³-hybridized carbons (Fsp3) is 0.273. The fourth-order valence-electron chi connectivity index (χ4n) is 4.46. The Morgan fingerprint density at radius 1 is 0.932 bits per heavy atom. The molecular formula is C33H33F3N4O4. The molecule has 44 heavy (non-hydrogen) atoms. The zero-order valence-corrected chi connectivity index (χ0v) is 25.0. The van der Waals surface area contributed by atoms with Gasteiger partial charge in [-0.25, -0.2) is 4.79 Å². The number of halogens is 3. The first kappa shape index (κ1) is 32.0. The van der Waals surface area contributed by atoms with Gasteiger partial charge in [0, 0.05) is 43.8 Å². The van der Waals surface area contributed by atoms with Crippen molar-refractivity contribution in [3.8, 4) is 22.3 Å². The molecule has 0 bridgehead atoms. The Hall–Kier alpha value is -4.93. The number of carbonyl (C=O) groups is 2. The van der Waals surface area contributed by atoms with Crippen LogP contribution in [0.1, 0.15) is 60.8 Å². The highest BCUT2D eigenvalue weighted by Gasteiger charge is 2.31. The number of rotatable bonds is 7. The molecule has 2 aromatic heterocycles. The summed E-state index contributed by atoms with van der Waals surface area (Å²) in [5.74, 6) is -0.367. The molecule has 0 fully saturated rings. The molecule has 0 aliphatic heterocycles. The number of ether oxygens (including phenoxy) is 1. The van der Waals surface area contributed by atoms with Crippen LogP contribution in [0.25, 0.3) is 22.3 Å². The molecule has 2 aromatic carbocycles. The van der Waals surface area contributed by atoms with Crippen molar-refractivity contribution in [1.82, 2.24) is 20.2 Å². The van der Waals surface area contributed by atoms with E-state index in [4.69, 9.17) is 4.74 Å². The summed E-state index contributed by atoms with van der Waals surface area (Å²) in [5, 5.41) is 5.52. The van der Waals surface area contributed by atoms with E-state index in [9.17, 15) is 27.6 Å². The summed E-state index contributed by atoms with van der Waals surface area (Å²) in [6.07, 6.45) is -0.526. The molecule has 2 heterocycles. The van der Waals surface area contributed by atoms with E-state index in [2.05, 4.69) is 15.6 Å². The maximum absolute atomic E-state index is 13.6. The van der Waals surface area contributed by atoms with E-state index in [1.807, 2.05) is 0 Å². The molecule has 0 radical (unpaired) electrons. The van der Waals surface area contributed by atoms with Crippen molar-refractivity contribution in [3.63, 3.8) is 0 Å². The third-order valence-electron chi connectivity index (χ3n) is 6.75. The van der Waals surface area contributed by atoms with Gasteiger partial charge in [0.1, 0.15) is 5.60 Å². The lowest BCUT2D eigenvalue weighted by Gasteiger charge is -2.20. The summed E-state index contributed by atoms with van der Waals surface area (Å²) in [6, 6.07) is 14.5. The molecule has 0 saturated heterocycles. The minimum Gasteiger partial charge on any atom is -0.444 e. The number of benzene rings is 2. The van der Waals surface area contributed by atoms with E-state index < -0.39 is 29.5 Å². The molecule has 8 nitrogen and oxygen atoms in total. The van der Waals surface area contributed by atoms with Crippen LogP contribution >= 0.6 is 0 Å². The largest absolute Gasteiger partial charge is 0.444 e. The minimum atomic E-state index is -4.55. The van der Waals surface area contributed by atoms with Gasteiger partial charge in [-0.3, -0.25) is 14.6 Å². The quantitative estimate of drug-likeness (QED) is 0.245. The molecule has 2 N–H and O–H groups in total. The molecule has 0 unspecified atom stereocenters. The lowest BCUT2D eigenvalue weighted by atomic mass is 9.95. The molecule has 2 amide bonds. The van der Waals surface area contributed by atoms with E-state index in [-0.39, 0.29) is 18.0 Å². The van der Waals surface area contributed by atoms with Crippen LogP contribution in [0.4, 0.5) is 18.0 Å². The van der Waals surface area contributed by atoms with E-state index in [1.54, 1.807) is 83.5 Å². The molecule has 11 heteroatoms. The van der Waals surface area contributed by atoms with Crippen LogP contribution in [0.5, 0.6) is 0 Å². The third kappa shape index (κ3) is 8.12. The van der Waals surface area contributed by atoms with Crippen molar-refractivity contribution >= 4 is 12.0 Å². The number of pyridine rings is 2. The van der Waals surface area contributed by atoms with Crippen molar-refractivity contribution in [2.75, 3.05) is 0 Å². The SMILES string of the molecule is C[C@@H](NC(=O)c1cncc(-c2ccc(=O)n(C)c2)c1)c1ccc(-c2cc(C(F)(F)F)ccc2CNC(=O)OC(C)(C)C)cc1. The standard InChI is InChI=1S/C33H33F3N4O4/c1-20(39-30(42)26-14-25(16-37-17-26)24-11-13-29(41)40(5)19-24)21-6-8-22(9-7-21)28-15-27(33(34,35)36)12-10-23(28)18-38-31(43)44-32(2,3)4/h6-17,19-20H,18H2,1-5H3,(H,38,43)(H,39,42)/t20-/m1/s1. The number of nitrogens with zero attached hydrogens (tertiary/aromatic N) is 2. The van der Waals surface area contributed by atoms with Crippen molar-refractivity contribution in [2.24, 2.45) is 7.05 Å². The van der Waals surface area contributed by atoms with Gasteiger partial charge in [-0.1, -0.05) is 30.3 Å². The van der Waals surface area contributed by atoms with Gasteiger partial charge in [-0.05, 0) is 79.8 Å². The normalized spacial score (nSPS) is 12.4. The summed E-state index contributed by atoms with van der Waals surface area (Å²) in [6.45, 7) is 6.89. The van der Waals surface area contributed by atoms with Crippen LogP contribution in [0, 0.1) is 0 Å². The van der Waals surface area contributed by atoms with Gasteiger partial charge in [-0.15, -0.1) is 0 Å². The van der Waals surface area contributed by atoms with Crippen LogP contribution in [0.15, 0.2) is 84.0 Å². The summed E-state index contributed by atoms with van der Waals surface area (Å²) >= 11 is 0.